The minimum absolute atomic E-state index is 0.0291. The second kappa shape index (κ2) is 4.71. The molecule has 2 unspecified atom stereocenters. The van der Waals surface area contributed by atoms with Gasteiger partial charge in [-0.05, 0) is 30.2 Å². The standard InChI is InChI=1S/C20H24O2/c1-19(2)12-16(21)18-15-10-6-7-11-20(15,22-17(18)13-19)14-8-4-3-5-9-14/h3-5,8-9,15H,6-7,10-13H2,1-2H3. The average molecular weight is 296 g/mol. The zero-order valence-corrected chi connectivity index (χ0v) is 13.5. The smallest absolute Gasteiger partial charge is 0.163 e. The molecular weight excluding hydrogens is 272 g/mol. The fourth-order valence-electron chi connectivity index (χ4n) is 4.75. The number of benzene rings is 1. The Labute approximate surface area is 132 Å². The molecule has 1 heterocycles. The molecule has 1 aromatic rings. The van der Waals surface area contributed by atoms with Crippen LogP contribution in [-0.2, 0) is 15.1 Å². The fraction of sp³-hybridized carbons (Fsp3) is 0.550. The molecule has 2 heteroatoms. The van der Waals surface area contributed by atoms with Crippen molar-refractivity contribution in [3.63, 3.8) is 0 Å². The Kier molecular flexibility index (Phi) is 3.01. The maximum atomic E-state index is 12.8. The lowest BCUT2D eigenvalue weighted by Gasteiger charge is -2.39. The summed E-state index contributed by atoms with van der Waals surface area (Å²) in [6.07, 6.45) is 6.07. The SMILES string of the molecule is CC1(C)CC(=O)C2=C(C1)OC1(c3ccccc3)CCCCC21. The Hall–Kier alpha value is -1.57. The number of ether oxygens (including phenoxy) is 1. The molecule has 1 aliphatic heterocycles. The van der Waals surface area contributed by atoms with Gasteiger partial charge in [0.05, 0.1) is 0 Å². The van der Waals surface area contributed by atoms with Gasteiger partial charge in [0, 0.05) is 24.3 Å². The summed E-state index contributed by atoms with van der Waals surface area (Å²) in [5.41, 5.74) is 2.03. The summed E-state index contributed by atoms with van der Waals surface area (Å²) in [5, 5.41) is 0. The molecule has 2 aliphatic carbocycles. The van der Waals surface area contributed by atoms with Gasteiger partial charge in [0.15, 0.2) is 5.78 Å². The maximum absolute atomic E-state index is 12.8. The van der Waals surface area contributed by atoms with Crippen LogP contribution < -0.4 is 0 Å². The third kappa shape index (κ3) is 1.96. The van der Waals surface area contributed by atoms with Crippen molar-refractivity contribution in [2.45, 2.75) is 58.0 Å². The highest BCUT2D eigenvalue weighted by Crippen LogP contribution is 2.58. The number of ketones is 1. The number of hydrogen-bond donors (Lipinski definition) is 0. The van der Waals surface area contributed by atoms with Crippen LogP contribution >= 0.6 is 0 Å². The van der Waals surface area contributed by atoms with Gasteiger partial charge >= 0.3 is 0 Å². The number of allylic oxidation sites excluding steroid dienone is 1. The summed E-state index contributed by atoms with van der Waals surface area (Å²) in [6.45, 7) is 4.35. The molecule has 0 N–H and O–H groups in total. The second-order valence-corrected chi connectivity index (χ2v) is 7.93. The van der Waals surface area contributed by atoms with Gasteiger partial charge in [0.1, 0.15) is 11.4 Å². The van der Waals surface area contributed by atoms with Crippen LogP contribution in [0, 0.1) is 11.3 Å². The van der Waals surface area contributed by atoms with Gasteiger partial charge in [-0.2, -0.15) is 0 Å². The number of fused-ring (bicyclic) bond motifs is 2. The number of carbonyl (C=O) groups excluding carboxylic acids is 1. The molecule has 1 aromatic carbocycles. The van der Waals surface area contributed by atoms with Crippen molar-refractivity contribution in [1.82, 2.24) is 0 Å². The first-order valence-corrected chi connectivity index (χ1v) is 8.53. The van der Waals surface area contributed by atoms with E-state index in [1.165, 1.54) is 18.4 Å². The van der Waals surface area contributed by atoms with E-state index in [1.54, 1.807) is 0 Å². The molecule has 1 fully saturated rings. The molecule has 22 heavy (non-hydrogen) atoms. The van der Waals surface area contributed by atoms with E-state index < -0.39 is 0 Å². The van der Waals surface area contributed by atoms with Gasteiger partial charge in [0.25, 0.3) is 0 Å². The molecule has 0 bridgehead atoms. The zero-order chi connectivity index (χ0) is 15.4. The topological polar surface area (TPSA) is 26.3 Å². The quantitative estimate of drug-likeness (QED) is 0.748. The minimum atomic E-state index is -0.278. The molecule has 3 aliphatic rings. The summed E-state index contributed by atoms with van der Waals surface area (Å²) < 4.78 is 6.61. The van der Waals surface area contributed by atoms with Crippen molar-refractivity contribution >= 4 is 5.78 Å². The van der Waals surface area contributed by atoms with Crippen LogP contribution in [0.4, 0.5) is 0 Å². The Bertz CT molecular complexity index is 641. The largest absolute Gasteiger partial charge is 0.486 e. The van der Waals surface area contributed by atoms with Crippen molar-refractivity contribution in [3.8, 4) is 0 Å². The fourth-order valence-corrected chi connectivity index (χ4v) is 4.75. The van der Waals surface area contributed by atoms with Gasteiger partial charge in [0.2, 0.25) is 0 Å². The van der Waals surface area contributed by atoms with E-state index >= 15 is 0 Å². The average Bonchev–Trinajstić information content (AvgIpc) is 2.81. The molecule has 2 atom stereocenters. The minimum Gasteiger partial charge on any atom is -0.486 e. The molecule has 116 valence electrons. The van der Waals surface area contributed by atoms with E-state index in [2.05, 4.69) is 44.2 Å². The molecule has 4 rings (SSSR count). The van der Waals surface area contributed by atoms with Crippen LogP contribution in [0.5, 0.6) is 0 Å². The summed E-state index contributed by atoms with van der Waals surface area (Å²) in [6, 6.07) is 10.6. The molecule has 0 radical (unpaired) electrons. The molecule has 0 aromatic heterocycles. The van der Waals surface area contributed by atoms with E-state index in [4.69, 9.17) is 4.74 Å². The lowest BCUT2D eigenvalue weighted by Crippen LogP contribution is -2.38. The molecular formula is C20H24O2. The summed E-state index contributed by atoms with van der Waals surface area (Å²) in [7, 11) is 0. The van der Waals surface area contributed by atoms with Gasteiger partial charge in [-0.1, -0.05) is 50.6 Å². The lowest BCUT2D eigenvalue weighted by molar-refractivity contribution is -0.118. The first kappa shape index (κ1) is 14.0. The van der Waals surface area contributed by atoms with Crippen LogP contribution in [-0.4, -0.2) is 5.78 Å². The van der Waals surface area contributed by atoms with Crippen molar-refractivity contribution in [2.75, 3.05) is 0 Å². The Morgan fingerprint density at radius 2 is 1.86 bits per heavy atom. The third-order valence-corrected chi connectivity index (χ3v) is 5.65. The predicted molar refractivity (Wildman–Crippen MR) is 86.2 cm³/mol. The maximum Gasteiger partial charge on any atom is 0.163 e. The summed E-state index contributed by atoms with van der Waals surface area (Å²) >= 11 is 0. The number of Topliss-reactive ketones (excluding diaryl/α,β-unsaturated/α-hetero) is 1. The monoisotopic (exact) mass is 296 g/mol. The highest BCUT2D eigenvalue weighted by Gasteiger charge is 2.55. The van der Waals surface area contributed by atoms with Crippen LogP contribution in [0.2, 0.25) is 0 Å². The third-order valence-electron chi connectivity index (χ3n) is 5.65. The van der Waals surface area contributed by atoms with Crippen LogP contribution in [0.25, 0.3) is 0 Å². The summed E-state index contributed by atoms with van der Waals surface area (Å²) in [4.78, 5) is 12.8. The molecule has 1 saturated carbocycles. The first-order valence-electron chi connectivity index (χ1n) is 8.53. The molecule has 0 amide bonds. The van der Waals surface area contributed by atoms with E-state index in [0.717, 1.165) is 30.6 Å². The first-order chi connectivity index (χ1) is 10.5. The van der Waals surface area contributed by atoms with Crippen molar-refractivity contribution in [1.29, 1.82) is 0 Å². The van der Waals surface area contributed by atoms with Gasteiger partial charge in [-0.3, -0.25) is 4.79 Å². The van der Waals surface area contributed by atoms with Gasteiger partial charge in [-0.25, -0.2) is 0 Å². The highest BCUT2D eigenvalue weighted by atomic mass is 16.5. The predicted octanol–water partition coefficient (Wildman–Crippen LogP) is 4.75. The van der Waals surface area contributed by atoms with E-state index in [1.807, 2.05) is 0 Å². The van der Waals surface area contributed by atoms with Gasteiger partial charge in [-0.15, -0.1) is 0 Å². The van der Waals surface area contributed by atoms with Crippen molar-refractivity contribution in [2.24, 2.45) is 11.3 Å². The van der Waals surface area contributed by atoms with Crippen LogP contribution in [0.1, 0.15) is 57.9 Å². The highest BCUT2D eigenvalue weighted by molar-refractivity contribution is 5.98. The molecule has 0 saturated heterocycles. The lowest BCUT2D eigenvalue weighted by atomic mass is 9.66. The van der Waals surface area contributed by atoms with E-state index in [-0.39, 0.29) is 16.9 Å². The molecule has 2 nitrogen and oxygen atoms in total. The van der Waals surface area contributed by atoms with Crippen LogP contribution in [0.3, 0.4) is 0 Å². The Morgan fingerprint density at radius 3 is 2.64 bits per heavy atom. The van der Waals surface area contributed by atoms with Crippen LogP contribution in [0.15, 0.2) is 41.7 Å². The number of rotatable bonds is 1. The second-order valence-electron chi connectivity index (χ2n) is 7.93. The summed E-state index contributed by atoms with van der Waals surface area (Å²) in [5.74, 6) is 1.59. The number of carbonyl (C=O) groups is 1. The Morgan fingerprint density at radius 1 is 1.09 bits per heavy atom. The van der Waals surface area contributed by atoms with Gasteiger partial charge < -0.3 is 4.74 Å². The van der Waals surface area contributed by atoms with Crippen molar-refractivity contribution in [3.05, 3.63) is 47.2 Å². The normalized spacial score (nSPS) is 33.2. The number of hydrogen-bond acceptors (Lipinski definition) is 2. The van der Waals surface area contributed by atoms with E-state index in [0.29, 0.717) is 12.2 Å². The zero-order valence-electron chi connectivity index (χ0n) is 13.5. The van der Waals surface area contributed by atoms with Crippen molar-refractivity contribution < 1.29 is 9.53 Å². The Balaban J connectivity index is 1.81. The molecule has 0 spiro atoms. The van der Waals surface area contributed by atoms with E-state index in [9.17, 15) is 4.79 Å².